The highest BCUT2D eigenvalue weighted by molar-refractivity contribution is 5.71. The lowest BCUT2D eigenvalue weighted by Gasteiger charge is -2.15. The van der Waals surface area contributed by atoms with Gasteiger partial charge in [0, 0.05) is 0 Å². The highest BCUT2D eigenvalue weighted by atomic mass is 16.5. The fourth-order valence-electron chi connectivity index (χ4n) is 0.710. The summed E-state index contributed by atoms with van der Waals surface area (Å²) in [5.41, 5.74) is 0. The van der Waals surface area contributed by atoms with Crippen molar-refractivity contribution in [2.24, 2.45) is 11.8 Å². The molecule has 0 fully saturated rings. The van der Waals surface area contributed by atoms with E-state index in [1.54, 1.807) is 0 Å². The second-order valence-corrected chi connectivity index (χ2v) is 3.43. The van der Waals surface area contributed by atoms with Crippen molar-refractivity contribution in [3.05, 3.63) is 0 Å². The van der Waals surface area contributed by atoms with Gasteiger partial charge in [0.25, 0.3) is 0 Å². The summed E-state index contributed by atoms with van der Waals surface area (Å²) in [5.74, 6) is 1.04. The van der Waals surface area contributed by atoms with Gasteiger partial charge in [0.15, 0.2) is 0 Å². The van der Waals surface area contributed by atoms with Crippen LogP contribution >= 0.6 is 0 Å². The maximum Gasteiger partial charge on any atom is 0.319 e. The lowest BCUT2D eigenvalue weighted by atomic mass is 9.98. The standard InChI is InChI=1S/C9H19NO2/c1-7(2)8(3)5-10-6-9(11)12-4/h7-8,10H,5-6H2,1-4H3. The van der Waals surface area contributed by atoms with Crippen LogP contribution in [0.1, 0.15) is 20.8 Å². The number of esters is 1. The van der Waals surface area contributed by atoms with Gasteiger partial charge in [-0.3, -0.25) is 4.79 Å². The topological polar surface area (TPSA) is 38.3 Å². The van der Waals surface area contributed by atoms with Crippen LogP contribution in [0.15, 0.2) is 0 Å². The number of ether oxygens (including phenoxy) is 1. The molecule has 0 aromatic rings. The van der Waals surface area contributed by atoms with E-state index in [9.17, 15) is 4.79 Å². The molecule has 0 aliphatic heterocycles. The van der Waals surface area contributed by atoms with Gasteiger partial charge in [0.1, 0.15) is 0 Å². The summed E-state index contributed by atoms with van der Waals surface area (Å²) < 4.78 is 4.49. The Hall–Kier alpha value is -0.570. The molecule has 1 N–H and O–H groups in total. The van der Waals surface area contributed by atoms with Crippen LogP contribution in [0, 0.1) is 11.8 Å². The molecule has 0 saturated heterocycles. The average molecular weight is 173 g/mol. The molecule has 0 bridgehead atoms. The quantitative estimate of drug-likeness (QED) is 0.631. The Morgan fingerprint density at radius 1 is 1.42 bits per heavy atom. The molecule has 0 saturated carbocycles. The predicted molar refractivity (Wildman–Crippen MR) is 48.9 cm³/mol. The van der Waals surface area contributed by atoms with Crippen LogP contribution in [0.4, 0.5) is 0 Å². The van der Waals surface area contributed by atoms with E-state index in [0.29, 0.717) is 18.4 Å². The molecule has 0 amide bonds. The van der Waals surface area contributed by atoms with Gasteiger partial charge in [-0.15, -0.1) is 0 Å². The lowest BCUT2D eigenvalue weighted by Crippen LogP contribution is -2.29. The van der Waals surface area contributed by atoms with Crippen molar-refractivity contribution in [2.45, 2.75) is 20.8 Å². The molecule has 3 heteroatoms. The van der Waals surface area contributed by atoms with Crippen molar-refractivity contribution in [1.29, 1.82) is 0 Å². The molecule has 0 aliphatic carbocycles. The monoisotopic (exact) mass is 173 g/mol. The van der Waals surface area contributed by atoms with E-state index in [-0.39, 0.29) is 5.97 Å². The first kappa shape index (κ1) is 11.4. The van der Waals surface area contributed by atoms with Gasteiger partial charge in [-0.1, -0.05) is 20.8 Å². The fourth-order valence-corrected chi connectivity index (χ4v) is 0.710. The largest absolute Gasteiger partial charge is 0.468 e. The van der Waals surface area contributed by atoms with E-state index in [2.05, 4.69) is 30.8 Å². The minimum atomic E-state index is -0.203. The van der Waals surface area contributed by atoms with Crippen molar-refractivity contribution >= 4 is 5.97 Å². The summed E-state index contributed by atoms with van der Waals surface area (Å²) >= 11 is 0. The van der Waals surface area contributed by atoms with E-state index in [1.807, 2.05) is 0 Å². The van der Waals surface area contributed by atoms with E-state index in [4.69, 9.17) is 0 Å². The molecule has 0 rings (SSSR count). The van der Waals surface area contributed by atoms with E-state index in [1.165, 1.54) is 7.11 Å². The van der Waals surface area contributed by atoms with Crippen molar-refractivity contribution < 1.29 is 9.53 Å². The van der Waals surface area contributed by atoms with Crippen LogP contribution < -0.4 is 5.32 Å². The first-order valence-corrected chi connectivity index (χ1v) is 4.35. The molecule has 0 aliphatic rings. The third kappa shape index (κ3) is 5.13. The van der Waals surface area contributed by atoms with Crippen LogP contribution in [0.25, 0.3) is 0 Å². The average Bonchev–Trinajstić information content (AvgIpc) is 2.03. The minimum absolute atomic E-state index is 0.203. The number of carbonyl (C=O) groups excluding carboxylic acids is 1. The zero-order valence-electron chi connectivity index (χ0n) is 8.39. The highest BCUT2D eigenvalue weighted by Gasteiger charge is 2.07. The zero-order valence-corrected chi connectivity index (χ0v) is 8.39. The fraction of sp³-hybridized carbons (Fsp3) is 0.889. The minimum Gasteiger partial charge on any atom is -0.468 e. The summed E-state index contributed by atoms with van der Waals surface area (Å²) in [6.07, 6.45) is 0. The van der Waals surface area contributed by atoms with Gasteiger partial charge in [0.2, 0.25) is 0 Å². The number of rotatable bonds is 5. The predicted octanol–water partition coefficient (Wildman–Crippen LogP) is 1.04. The number of nitrogens with one attached hydrogen (secondary N) is 1. The maximum atomic E-state index is 10.7. The smallest absolute Gasteiger partial charge is 0.319 e. The van der Waals surface area contributed by atoms with Crippen LogP contribution in [-0.4, -0.2) is 26.2 Å². The number of carbonyl (C=O) groups is 1. The van der Waals surface area contributed by atoms with Gasteiger partial charge < -0.3 is 10.1 Å². The molecule has 1 unspecified atom stereocenters. The third-order valence-corrected chi connectivity index (χ3v) is 2.10. The first-order chi connectivity index (χ1) is 5.57. The summed E-state index contributed by atoms with van der Waals surface area (Å²) in [6.45, 7) is 7.68. The van der Waals surface area contributed by atoms with Crippen molar-refractivity contribution in [1.82, 2.24) is 5.32 Å². The lowest BCUT2D eigenvalue weighted by molar-refractivity contribution is -0.139. The normalized spacial score (nSPS) is 13.1. The van der Waals surface area contributed by atoms with Crippen LogP contribution in [0.3, 0.4) is 0 Å². The Bertz CT molecular complexity index is 134. The molecule has 3 nitrogen and oxygen atoms in total. The second-order valence-electron chi connectivity index (χ2n) is 3.43. The summed E-state index contributed by atoms with van der Waals surface area (Å²) in [7, 11) is 1.40. The summed E-state index contributed by atoms with van der Waals surface area (Å²) in [6, 6.07) is 0. The van der Waals surface area contributed by atoms with Gasteiger partial charge in [-0.05, 0) is 18.4 Å². The molecule has 12 heavy (non-hydrogen) atoms. The van der Waals surface area contributed by atoms with Gasteiger partial charge >= 0.3 is 5.97 Å². The third-order valence-electron chi connectivity index (χ3n) is 2.10. The van der Waals surface area contributed by atoms with Gasteiger partial charge in [0.05, 0.1) is 13.7 Å². The van der Waals surface area contributed by atoms with Gasteiger partial charge in [-0.2, -0.15) is 0 Å². The van der Waals surface area contributed by atoms with Crippen LogP contribution in [-0.2, 0) is 9.53 Å². The first-order valence-electron chi connectivity index (χ1n) is 4.35. The number of hydrogen-bond donors (Lipinski definition) is 1. The maximum absolute atomic E-state index is 10.7. The Kier molecular flexibility index (Phi) is 5.72. The summed E-state index contributed by atoms with van der Waals surface area (Å²) in [5, 5.41) is 3.04. The number of methoxy groups -OCH3 is 1. The highest BCUT2D eigenvalue weighted by Crippen LogP contribution is 2.06. The molecule has 1 atom stereocenters. The molecule has 0 spiro atoms. The molecule has 0 aromatic carbocycles. The Morgan fingerprint density at radius 2 is 2.00 bits per heavy atom. The summed E-state index contributed by atoms with van der Waals surface area (Å²) in [4.78, 5) is 10.7. The van der Waals surface area contributed by atoms with Crippen molar-refractivity contribution in [2.75, 3.05) is 20.2 Å². The van der Waals surface area contributed by atoms with Crippen molar-refractivity contribution in [3.63, 3.8) is 0 Å². The molecular weight excluding hydrogens is 154 g/mol. The van der Waals surface area contributed by atoms with E-state index >= 15 is 0 Å². The molecule has 0 heterocycles. The number of hydrogen-bond acceptors (Lipinski definition) is 3. The Balaban J connectivity index is 3.37. The zero-order chi connectivity index (χ0) is 9.56. The Morgan fingerprint density at radius 3 is 2.42 bits per heavy atom. The van der Waals surface area contributed by atoms with E-state index < -0.39 is 0 Å². The van der Waals surface area contributed by atoms with E-state index in [0.717, 1.165) is 6.54 Å². The molecular formula is C9H19NO2. The van der Waals surface area contributed by atoms with Gasteiger partial charge in [-0.25, -0.2) is 0 Å². The second kappa shape index (κ2) is 6.00. The SMILES string of the molecule is COC(=O)CNCC(C)C(C)C. The van der Waals surface area contributed by atoms with Crippen molar-refractivity contribution in [3.8, 4) is 0 Å². The molecule has 0 radical (unpaired) electrons. The van der Waals surface area contributed by atoms with Crippen LogP contribution in [0.5, 0.6) is 0 Å². The Labute approximate surface area is 74.5 Å². The molecule has 72 valence electrons. The molecule has 0 aromatic heterocycles. The van der Waals surface area contributed by atoms with Crippen LogP contribution in [0.2, 0.25) is 0 Å².